The van der Waals surface area contributed by atoms with Crippen LogP contribution in [0.15, 0.2) is 12.3 Å². The number of hydrogen-bond acceptors (Lipinski definition) is 4. The smallest absolute Gasteiger partial charge is 0.388 e. The van der Waals surface area contributed by atoms with Gasteiger partial charge in [-0.25, -0.2) is 9.67 Å². The van der Waals surface area contributed by atoms with Gasteiger partial charge in [-0.1, -0.05) is 23.2 Å². The predicted octanol–water partition coefficient (Wildman–Crippen LogP) is 3.40. The van der Waals surface area contributed by atoms with E-state index in [0.717, 1.165) is 4.68 Å². The van der Waals surface area contributed by atoms with Crippen molar-refractivity contribution in [3.63, 3.8) is 0 Å². The Morgan fingerprint density at radius 1 is 1.35 bits per heavy atom. The van der Waals surface area contributed by atoms with Gasteiger partial charge in [-0.05, 0) is 0 Å². The molecule has 0 spiro atoms. The molecule has 0 aliphatic rings. The van der Waals surface area contributed by atoms with Gasteiger partial charge in [0.25, 0.3) is 0 Å². The Labute approximate surface area is 123 Å². The van der Waals surface area contributed by atoms with Crippen LogP contribution in [0.4, 0.5) is 8.78 Å². The van der Waals surface area contributed by atoms with Gasteiger partial charge in [-0.3, -0.25) is 0 Å². The van der Waals surface area contributed by atoms with Crippen molar-refractivity contribution in [3.05, 3.63) is 22.4 Å². The number of methoxy groups -OCH3 is 1. The Kier molecular flexibility index (Phi) is 4.29. The molecule has 0 saturated carbocycles. The monoisotopic (exact) mass is 323 g/mol. The van der Waals surface area contributed by atoms with E-state index in [-0.39, 0.29) is 21.7 Å². The highest BCUT2D eigenvalue weighted by Crippen LogP contribution is 2.39. The molecule has 0 fully saturated rings. The number of pyridine rings is 1. The summed E-state index contributed by atoms with van der Waals surface area (Å²) in [5, 5.41) is 4.20. The minimum Gasteiger partial charge on any atom is -0.496 e. The summed E-state index contributed by atoms with van der Waals surface area (Å²) in [6.45, 7) is -3.00. The van der Waals surface area contributed by atoms with E-state index in [1.807, 2.05) is 0 Å². The minimum atomic E-state index is -3.00. The van der Waals surface area contributed by atoms with Crippen LogP contribution in [-0.2, 0) is 7.05 Å². The third-order valence-corrected chi connectivity index (χ3v) is 3.00. The lowest BCUT2D eigenvalue weighted by molar-refractivity contribution is -0.0552. The Hall–Kier alpha value is -1.60. The lowest BCUT2D eigenvalue weighted by Crippen LogP contribution is -2.06. The predicted molar refractivity (Wildman–Crippen MR) is 69.6 cm³/mol. The Bertz CT molecular complexity index is 634. The van der Waals surface area contributed by atoms with Crippen LogP contribution in [0.25, 0.3) is 11.3 Å². The van der Waals surface area contributed by atoms with Crippen LogP contribution < -0.4 is 9.47 Å². The number of halogens is 4. The quantitative estimate of drug-likeness (QED) is 0.809. The van der Waals surface area contributed by atoms with Gasteiger partial charge < -0.3 is 9.47 Å². The molecule has 20 heavy (non-hydrogen) atoms. The molecule has 0 aliphatic heterocycles. The highest BCUT2D eigenvalue weighted by molar-refractivity contribution is 6.34. The SMILES string of the molecule is COc1cc(Cl)ncc1-c1nn(C)c(OC(F)F)c1Cl. The number of hydrogen-bond donors (Lipinski definition) is 0. The first kappa shape index (κ1) is 14.8. The first-order valence-corrected chi connectivity index (χ1v) is 6.06. The zero-order valence-corrected chi connectivity index (χ0v) is 11.9. The van der Waals surface area contributed by atoms with Crippen molar-refractivity contribution in [2.45, 2.75) is 6.61 Å². The molecule has 0 atom stereocenters. The minimum absolute atomic E-state index is 0.0600. The van der Waals surface area contributed by atoms with Crippen LogP contribution in [0.1, 0.15) is 0 Å². The van der Waals surface area contributed by atoms with Gasteiger partial charge in [-0.15, -0.1) is 0 Å². The van der Waals surface area contributed by atoms with Gasteiger partial charge in [0.05, 0.1) is 12.7 Å². The molecule has 2 rings (SSSR count). The Morgan fingerprint density at radius 2 is 2.05 bits per heavy atom. The van der Waals surface area contributed by atoms with Crippen LogP contribution in [0.2, 0.25) is 10.2 Å². The molecule has 0 bridgehead atoms. The fourth-order valence-corrected chi connectivity index (χ4v) is 2.08. The molecule has 0 N–H and O–H groups in total. The van der Waals surface area contributed by atoms with Gasteiger partial charge >= 0.3 is 6.61 Å². The molecule has 0 amide bonds. The summed E-state index contributed by atoms with van der Waals surface area (Å²) >= 11 is 11.8. The van der Waals surface area contributed by atoms with E-state index < -0.39 is 6.61 Å². The number of rotatable bonds is 4. The van der Waals surface area contributed by atoms with Crippen LogP contribution >= 0.6 is 23.2 Å². The van der Waals surface area contributed by atoms with Gasteiger partial charge in [0.2, 0.25) is 5.88 Å². The second-order valence-electron chi connectivity index (χ2n) is 3.68. The third-order valence-electron chi connectivity index (χ3n) is 2.45. The maximum Gasteiger partial charge on any atom is 0.388 e. The van der Waals surface area contributed by atoms with Crippen molar-refractivity contribution in [1.82, 2.24) is 14.8 Å². The molecule has 0 unspecified atom stereocenters. The van der Waals surface area contributed by atoms with E-state index in [0.29, 0.717) is 11.3 Å². The molecular weight excluding hydrogens is 315 g/mol. The van der Waals surface area contributed by atoms with Crippen molar-refractivity contribution in [2.75, 3.05) is 7.11 Å². The first-order valence-electron chi connectivity index (χ1n) is 5.31. The molecule has 0 aromatic carbocycles. The molecule has 0 saturated heterocycles. The second-order valence-corrected chi connectivity index (χ2v) is 4.44. The third kappa shape index (κ3) is 2.78. The maximum atomic E-state index is 12.3. The number of nitrogens with zero attached hydrogens (tertiary/aromatic N) is 3. The highest BCUT2D eigenvalue weighted by atomic mass is 35.5. The van der Waals surface area contributed by atoms with Gasteiger partial charge in [0.15, 0.2) is 0 Å². The normalized spacial score (nSPS) is 10.9. The fraction of sp³-hybridized carbons (Fsp3) is 0.273. The van der Waals surface area contributed by atoms with Gasteiger partial charge in [-0.2, -0.15) is 13.9 Å². The second kappa shape index (κ2) is 5.80. The summed E-state index contributed by atoms with van der Waals surface area (Å²) in [5.74, 6) is 0.127. The molecule has 2 aromatic rings. The zero-order valence-electron chi connectivity index (χ0n) is 10.4. The first-order chi connectivity index (χ1) is 9.43. The van der Waals surface area contributed by atoms with Crippen molar-refractivity contribution >= 4 is 23.2 Å². The standard InChI is InChI=1S/C11H9Cl2F2N3O2/c1-18-10(20-11(14)15)8(13)9(17-18)5-4-16-7(12)3-6(5)19-2/h3-4,11H,1-2H3. The van der Waals surface area contributed by atoms with E-state index >= 15 is 0 Å². The molecular formula is C11H9Cl2F2N3O2. The topological polar surface area (TPSA) is 49.2 Å². The van der Waals surface area contributed by atoms with Gasteiger partial charge in [0, 0.05) is 19.3 Å². The number of aromatic nitrogens is 3. The maximum absolute atomic E-state index is 12.3. The zero-order chi connectivity index (χ0) is 14.9. The molecule has 2 heterocycles. The lowest BCUT2D eigenvalue weighted by Gasteiger charge is -2.06. The van der Waals surface area contributed by atoms with E-state index in [4.69, 9.17) is 27.9 Å². The van der Waals surface area contributed by atoms with Crippen molar-refractivity contribution < 1.29 is 18.3 Å². The van der Waals surface area contributed by atoms with Gasteiger partial charge in [0.1, 0.15) is 21.6 Å². The van der Waals surface area contributed by atoms with E-state index in [2.05, 4.69) is 14.8 Å². The van der Waals surface area contributed by atoms with Crippen molar-refractivity contribution in [2.24, 2.45) is 7.05 Å². The molecule has 2 aromatic heterocycles. The molecule has 0 radical (unpaired) electrons. The van der Waals surface area contributed by atoms with E-state index in [9.17, 15) is 8.78 Å². The summed E-state index contributed by atoms with van der Waals surface area (Å²) in [6, 6.07) is 1.47. The number of ether oxygens (including phenoxy) is 2. The summed E-state index contributed by atoms with van der Waals surface area (Å²) in [5.41, 5.74) is 0.632. The average molecular weight is 324 g/mol. The van der Waals surface area contributed by atoms with E-state index in [1.54, 1.807) is 0 Å². The van der Waals surface area contributed by atoms with E-state index in [1.165, 1.54) is 26.4 Å². The Balaban J connectivity index is 2.54. The van der Waals surface area contributed by atoms with Crippen LogP contribution in [0, 0.1) is 0 Å². The van der Waals surface area contributed by atoms with Crippen molar-refractivity contribution in [3.8, 4) is 22.9 Å². The van der Waals surface area contributed by atoms with Crippen LogP contribution in [0.5, 0.6) is 11.6 Å². The summed E-state index contributed by atoms with van der Waals surface area (Å²) < 4.78 is 35.2. The number of alkyl halides is 2. The van der Waals surface area contributed by atoms with Crippen LogP contribution in [-0.4, -0.2) is 28.5 Å². The molecule has 5 nitrogen and oxygen atoms in total. The lowest BCUT2D eigenvalue weighted by atomic mass is 10.2. The van der Waals surface area contributed by atoms with Crippen LogP contribution in [0.3, 0.4) is 0 Å². The van der Waals surface area contributed by atoms with Crippen molar-refractivity contribution in [1.29, 1.82) is 0 Å². The highest BCUT2D eigenvalue weighted by Gasteiger charge is 2.22. The largest absolute Gasteiger partial charge is 0.496 e. The summed E-state index contributed by atoms with van der Waals surface area (Å²) in [7, 11) is 2.87. The summed E-state index contributed by atoms with van der Waals surface area (Å²) in [4.78, 5) is 3.89. The molecule has 108 valence electrons. The molecule has 9 heteroatoms. The molecule has 0 aliphatic carbocycles. The number of aryl methyl sites for hydroxylation is 1. The Morgan fingerprint density at radius 3 is 2.65 bits per heavy atom. The average Bonchev–Trinajstić information content (AvgIpc) is 2.66. The summed E-state index contributed by atoms with van der Waals surface area (Å²) in [6.07, 6.45) is 1.39. The fourth-order valence-electron chi connectivity index (χ4n) is 1.63.